The van der Waals surface area contributed by atoms with E-state index >= 15 is 0 Å². The zero-order chi connectivity index (χ0) is 22.5. The van der Waals surface area contributed by atoms with Gasteiger partial charge in [-0.25, -0.2) is 32.4 Å². The third-order valence-corrected chi connectivity index (χ3v) is 5.00. The lowest BCUT2D eigenvalue weighted by Crippen LogP contribution is -2.36. The SMILES string of the molecule is O=c1[nH]cc(-c2cc(N3CC(Oc4ccc(F)cn4)C(F)(F)C3)c3nccn3n2)c(=O)[nH]1. The molecule has 10 nitrogen and oxygen atoms in total. The monoisotopic (exact) mass is 445 g/mol. The quantitative estimate of drug-likeness (QED) is 0.484. The Morgan fingerprint density at radius 1 is 1.22 bits per heavy atom. The molecule has 1 aliphatic rings. The van der Waals surface area contributed by atoms with Crippen LogP contribution in [0.3, 0.4) is 0 Å². The number of nitrogens with zero attached hydrogens (tertiary/aromatic N) is 5. The highest BCUT2D eigenvalue weighted by atomic mass is 19.3. The first kappa shape index (κ1) is 19.8. The van der Waals surface area contributed by atoms with Crippen molar-refractivity contribution in [2.24, 2.45) is 0 Å². The summed E-state index contributed by atoms with van der Waals surface area (Å²) in [5.41, 5.74) is -0.570. The lowest BCUT2D eigenvalue weighted by molar-refractivity contribution is -0.0609. The number of nitrogens with one attached hydrogen (secondary N) is 2. The van der Waals surface area contributed by atoms with Crippen molar-refractivity contribution in [2.45, 2.75) is 12.0 Å². The molecule has 32 heavy (non-hydrogen) atoms. The van der Waals surface area contributed by atoms with Crippen molar-refractivity contribution in [3.63, 3.8) is 0 Å². The van der Waals surface area contributed by atoms with E-state index in [2.05, 4.69) is 25.0 Å². The third kappa shape index (κ3) is 3.46. The zero-order valence-electron chi connectivity index (χ0n) is 16.1. The molecule has 4 aromatic rings. The molecule has 13 heteroatoms. The van der Waals surface area contributed by atoms with Crippen LogP contribution in [0.1, 0.15) is 0 Å². The maximum Gasteiger partial charge on any atom is 0.325 e. The van der Waals surface area contributed by atoms with Crippen LogP contribution in [0.4, 0.5) is 18.9 Å². The Morgan fingerprint density at radius 3 is 2.81 bits per heavy atom. The Labute approximate surface area is 176 Å². The van der Waals surface area contributed by atoms with E-state index < -0.39 is 35.6 Å². The van der Waals surface area contributed by atoms with Gasteiger partial charge in [-0.05, 0) is 12.1 Å². The molecule has 4 aromatic heterocycles. The van der Waals surface area contributed by atoms with Gasteiger partial charge in [0.1, 0.15) is 11.5 Å². The summed E-state index contributed by atoms with van der Waals surface area (Å²) in [6.07, 6.45) is 3.47. The third-order valence-electron chi connectivity index (χ3n) is 5.00. The molecular formula is C19H14F3N7O3. The summed E-state index contributed by atoms with van der Waals surface area (Å²) >= 11 is 0. The summed E-state index contributed by atoms with van der Waals surface area (Å²) in [7, 11) is 0. The Balaban J connectivity index is 1.52. The fourth-order valence-electron chi connectivity index (χ4n) is 3.50. The maximum atomic E-state index is 14.8. The van der Waals surface area contributed by atoms with E-state index in [1.807, 2.05) is 0 Å². The molecule has 1 fully saturated rings. The van der Waals surface area contributed by atoms with Gasteiger partial charge in [0.25, 0.3) is 5.56 Å². The molecule has 5 heterocycles. The molecule has 1 saturated heterocycles. The Morgan fingerprint density at radius 2 is 2.06 bits per heavy atom. The average molecular weight is 445 g/mol. The molecule has 0 amide bonds. The van der Waals surface area contributed by atoms with Crippen molar-refractivity contribution in [2.75, 3.05) is 18.0 Å². The summed E-state index contributed by atoms with van der Waals surface area (Å²) in [6.45, 7) is -0.910. The van der Waals surface area contributed by atoms with Gasteiger partial charge in [-0.2, -0.15) is 5.10 Å². The second-order valence-electron chi connectivity index (χ2n) is 7.16. The van der Waals surface area contributed by atoms with Gasteiger partial charge in [-0.1, -0.05) is 0 Å². The van der Waals surface area contributed by atoms with Crippen LogP contribution in [-0.2, 0) is 0 Å². The number of aromatic nitrogens is 6. The molecule has 1 atom stereocenters. The van der Waals surface area contributed by atoms with Crippen LogP contribution in [0.5, 0.6) is 5.88 Å². The predicted molar refractivity (Wildman–Crippen MR) is 105 cm³/mol. The topological polar surface area (TPSA) is 121 Å². The first-order valence-corrected chi connectivity index (χ1v) is 9.38. The van der Waals surface area contributed by atoms with Crippen LogP contribution >= 0.6 is 0 Å². The van der Waals surface area contributed by atoms with Gasteiger partial charge in [-0.3, -0.25) is 9.78 Å². The number of anilines is 1. The van der Waals surface area contributed by atoms with Crippen molar-refractivity contribution >= 4 is 11.3 Å². The molecule has 0 aliphatic carbocycles. The van der Waals surface area contributed by atoms with Crippen molar-refractivity contribution < 1.29 is 17.9 Å². The standard InChI is InChI=1S/C19H14F3N7O3/c20-10-1-2-15(24-6-10)32-14-8-28(9-19(14,21)22)13-5-12(27-29-4-3-23-16(13)29)11-7-25-18(31)26-17(11)30/h1-7,14H,8-9H2,(H2,25,26,30,31). The van der Waals surface area contributed by atoms with Crippen molar-refractivity contribution in [3.05, 3.63) is 69.6 Å². The van der Waals surface area contributed by atoms with Crippen LogP contribution in [0.15, 0.2) is 52.6 Å². The summed E-state index contributed by atoms with van der Waals surface area (Å²) < 4.78 is 49.3. The predicted octanol–water partition coefficient (Wildman–Crippen LogP) is 1.21. The van der Waals surface area contributed by atoms with Crippen molar-refractivity contribution in [1.29, 1.82) is 0 Å². The van der Waals surface area contributed by atoms with Crippen LogP contribution in [0.25, 0.3) is 16.9 Å². The zero-order valence-corrected chi connectivity index (χ0v) is 16.1. The summed E-state index contributed by atoms with van der Waals surface area (Å²) in [5, 5.41) is 4.28. The minimum absolute atomic E-state index is 0.0516. The number of alkyl halides is 2. The number of pyridine rings is 1. The second kappa shape index (κ2) is 7.21. The number of fused-ring (bicyclic) bond motifs is 1. The molecule has 164 valence electrons. The molecular weight excluding hydrogens is 431 g/mol. The van der Waals surface area contributed by atoms with Gasteiger partial charge in [-0.15, -0.1) is 0 Å². The Bertz CT molecular complexity index is 1410. The fourth-order valence-corrected chi connectivity index (χ4v) is 3.50. The Hall–Kier alpha value is -4.16. The Kier molecular flexibility index (Phi) is 4.46. The highest BCUT2D eigenvalue weighted by molar-refractivity contribution is 5.74. The molecule has 0 spiro atoms. The minimum atomic E-state index is -3.25. The number of ether oxygens (including phenoxy) is 1. The lowest BCUT2D eigenvalue weighted by Gasteiger charge is -2.19. The molecule has 0 radical (unpaired) electrons. The molecule has 2 N–H and O–H groups in total. The molecule has 0 aromatic carbocycles. The van der Waals surface area contributed by atoms with Gasteiger partial charge >= 0.3 is 11.6 Å². The van der Waals surface area contributed by atoms with E-state index in [0.717, 1.165) is 12.3 Å². The van der Waals surface area contributed by atoms with E-state index in [1.165, 1.54) is 40.1 Å². The van der Waals surface area contributed by atoms with Gasteiger partial charge in [0.05, 0.1) is 30.5 Å². The number of imidazole rings is 1. The molecule has 0 bridgehead atoms. The van der Waals surface area contributed by atoms with E-state index in [1.54, 1.807) is 0 Å². The van der Waals surface area contributed by atoms with Gasteiger partial charge < -0.3 is 14.6 Å². The average Bonchev–Trinajstić information content (AvgIpc) is 3.33. The van der Waals surface area contributed by atoms with Crippen molar-refractivity contribution in [3.8, 4) is 17.1 Å². The van der Waals surface area contributed by atoms with Crippen molar-refractivity contribution in [1.82, 2.24) is 29.5 Å². The number of hydrogen-bond donors (Lipinski definition) is 2. The van der Waals surface area contributed by atoms with Crippen LogP contribution in [-0.4, -0.2) is 54.7 Å². The summed E-state index contributed by atoms with van der Waals surface area (Å²) in [4.78, 5) is 37.2. The van der Waals surface area contributed by atoms with E-state index in [-0.39, 0.29) is 23.7 Å². The highest BCUT2D eigenvalue weighted by Crippen LogP contribution is 2.36. The van der Waals surface area contributed by atoms with E-state index in [9.17, 15) is 22.8 Å². The van der Waals surface area contributed by atoms with Gasteiger partial charge in [0.15, 0.2) is 11.8 Å². The maximum absolute atomic E-state index is 14.8. The first-order valence-electron chi connectivity index (χ1n) is 9.38. The van der Waals surface area contributed by atoms with E-state index in [0.29, 0.717) is 11.3 Å². The van der Waals surface area contributed by atoms with E-state index in [4.69, 9.17) is 4.74 Å². The number of hydrogen-bond acceptors (Lipinski definition) is 7. The molecule has 0 saturated carbocycles. The largest absolute Gasteiger partial charge is 0.466 e. The summed E-state index contributed by atoms with van der Waals surface area (Å²) in [5.74, 6) is -3.99. The highest BCUT2D eigenvalue weighted by Gasteiger charge is 2.51. The summed E-state index contributed by atoms with van der Waals surface area (Å²) in [6, 6.07) is 3.69. The smallest absolute Gasteiger partial charge is 0.325 e. The number of halogens is 3. The number of rotatable bonds is 4. The first-order chi connectivity index (χ1) is 15.3. The number of H-pyrrole nitrogens is 2. The second-order valence-corrected chi connectivity index (χ2v) is 7.16. The van der Waals surface area contributed by atoms with Crippen LogP contribution < -0.4 is 20.9 Å². The molecule has 1 unspecified atom stereocenters. The van der Waals surface area contributed by atoms with Gasteiger partial charge in [0, 0.05) is 24.7 Å². The number of aromatic amines is 2. The normalized spacial score (nSPS) is 17.7. The van der Waals surface area contributed by atoms with Crippen LogP contribution in [0.2, 0.25) is 0 Å². The lowest BCUT2D eigenvalue weighted by atomic mass is 10.2. The minimum Gasteiger partial charge on any atom is -0.466 e. The molecule has 1 aliphatic heterocycles. The fraction of sp³-hybridized carbons (Fsp3) is 0.211. The van der Waals surface area contributed by atoms with Gasteiger partial charge in [0.2, 0.25) is 5.88 Å². The van der Waals surface area contributed by atoms with Crippen LogP contribution in [0, 0.1) is 5.82 Å². The molecule has 5 rings (SSSR count).